The van der Waals surface area contributed by atoms with Gasteiger partial charge in [-0.1, -0.05) is 81.1 Å². The van der Waals surface area contributed by atoms with Gasteiger partial charge in [0, 0.05) is 42.3 Å². The zero-order chi connectivity index (χ0) is 50.2. The molecule has 19 heteroatoms. The maximum Gasteiger partial charge on any atom is 0.339 e. The van der Waals surface area contributed by atoms with Crippen LogP contribution in [0.4, 0.5) is 11.4 Å². The molecule has 0 atom stereocenters. The van der Waals surface area contributed by atoms with Crippen LogP contribution in [0, 0.1) is 6.57 Å². The second kappa shape index (κ2) is 34.4. The predicted octanol–water partition coefficient (Wildman–Crippen LogP) is 9.74. The number of esters is 3. The monoisotopic (exact) mass is 1010 g/mol. The number of amides is 1. The third kappa shape index (κ3) is 20.4. The fourth-order valence-electron chi connectivity index (χ4n) is 6.83. The van der Waals surface area contributed by atoms with Crippen LogP contribution in [0.3, 0.4) is 0 Å². The number of ether oxygens (including phenoxy) is 3. The highest BCUT2D eigenvalue weighted by Crippen LogP contribution is 2.48. The molecule has 70 heavy (non-hydrogen) atoms. The SMILES string of the molecule is [C-]#[N+]C(C(=O)OCCCCOOCCCC(=O)OCCN(CCOOCCCC(=O)OCCCCOOCC(C)=C1Sc2ccccc2N1CCCC)C(=O)C=C)=C1Sc2ccccc2N1CCCC. The van der Waals surface area contributed by atoms with Gasteiger partial charge in [0.15, 0.2) is 0 Å². The Kier molecular flexibility index (Phi) is 28.4. The lowest BCUT2D eigenvalue weighted by atomic mass is 10.2. The van der Waals surface area contributed by atoms with Crippen molar-refractivity contribution in [2.75, 3.05) is 95.4 Å². The first kappa shape index (κ1) is 57.7. The van der Waals surface area contributed by atoms with E-state index in [0.717, 1.165) is 54.5 Å². The fraction of sp³-hybridized carbons (Fsp3) is 0.549. The summed E-state index contributed by atoms with van der Waals surface area (Å²) in [6, 6.07) is 16.3. The summed E-state index contributed by atoms with van der Waals surface area (Å²) in [6.45, 7) is 21.3. The van der Waals surface area contributed by atoms with Crippen molar-refractivity contribution in [3.8, 4) is 0 Å². The third-order valence-corrected chi connectivity index (χ3v) is 13.1. The van der Waals surface area contributed by atoms with Gasteiger partial charge >= 0.3 is 17.9 Å². The number of hydrogen-bond donors (Lipinski definition) is 0. The van der Waals surface area contributed by atoms with Gasteiger partial charge in [0.1, 0.15) is 13.2 Å². The summed E-state index contributed by atoms with van der Waals surface area (Å²) in [7, 11) is 0. The van der Waals surface area contributed by atoms with E-state index in [-0.39, 0.29) is 89.8 Å². The van der Waals surface area contributed by atoms with Gasteiger partial charge in [-0.05, 0) is 94.2 Å². The lowest BCUT2D eigenvalue weighted by Gasteiger charge is -2.22. The predicted molar refractivity (Wildman–Crippen MR) is 268 cm³/mol. The molecule has 4 rings (SSSR count). The molecule has 0 bridgehead atoms. The number of carbonyl (C=O) groups is 4. The Morgan fingerprint density at radius 3 is 1.66 bits per heavy atom. The third-order valence-electron chi connectivity index (χ3n) is 10.6. The smallest absolute Gasteiger partial charge is 0.339 e. The molecule has 1 amide bonds. The Morgan fingerprint density at radius 2 is 1.09 bits per heavy atom. The number of para-hydroxylation sites is 2. The highest BCUT2D eigenvalue weighted by molar-refractivity contribution is 8.04. The zero-order valence-electron chi connectivity index (χ0n) is 41.0. The Balaban J connectivity index is 0.934. The fourth-order valence-corrected chi connectivity index (χ4v) is 9.16. The number of benzene rings is 2. The molecular weight excluding hydrogens is 941 g/mol. The van der Waals surface area contributed by atoms with Gasteiger partial charge < -0.3 is 28.9 Å². The molecule has 17 nitrogen and oxygen atoms in total. The number of thioether (sulfide) groups is 2. The largest absolute Gasteiger partial charge is 0.470 e. The van der Waals surface area contributed by atoms with E-state index in [1.807, 2.05) is 29.2 Å². The second-order valence-corrected chi connectivity index (χ2v) is 18.2. The van der Waals surface area contributed by atoms with Crippen LogP contribution < -0.4 is 9.80 Å². The van der Waals surface area contributed by atoms with E-state index < -0.39 is 11.9 Å². The van der Waals surface area contributed by atoms with Crippen molar-refractivity contribution in [1.82, 2.24) is 4.90 Å². The van der Waals surface area contributed by atoms with Crippen LogP contribution in [0.25, 0.3) is 4.85 Å². The van der Waals surface area contributed by atoms with E-state index in [4.69, 9.17) is 50.1 Å². The summed E-state index contributed by atoms with van der Waals surface area (Å²) >= 11 is 3.18. The van der Waals surface area contributed by atoms with E-state index in [1.165, 1.54) is 32.3 Å². The minimum absolute atomic E-state index is 0.0180. The molecule has 384 valence electrons. The molecule has 0 aliphatic carbocycles. The van der Waals surface area contributed by atoms with Crippen molar-refractivity contribution < 1.29 is 62.7 Å². The Morgan fingerprint density at radius 1 is 0.614 bits per heavy atom. The maximum absolute atomic E-state index is 12.9. The first-order chi connectivity index (χ1) is 34.2. The quantitative estimate of drug-likeness (QED) is 0.0119. The Labute approximate surface area is 421 Å². The lowest BCUT2D eigenvalue weighted by molar-refractivity contribution is -0.295. The normalized spacial score (nSPS) is 14.1. The number of carbonyl (C=O) groups excluding carboxylic acids is 4. The number of fused-ring (bicyclic) bond motifs is 2. The summed E-state index contributed by atoms with van der Waals surface area (Å²) in [5, 5.41) is 1.80. The minimum Gasteiger partial charge on any atom is -0.470 e. The Bertz CT molecular complexity index is 2060. The number of unbranched alkanes of at least 4 members (excludes halogenated alkanes) is 4. The highest BCUT2D eigenvalue weighted by Gasteiger charge is 2.31. The molecule has 2 aliphatic rings. The molecule has 2 aromatic carbocycles. The maximum atomic E-state index is 12.9. The molecule has 0 aromatic heterocycles. The van der Waals surface area contributed by atoms with E-state index >= 15 is 0 Å². The first-order valence-corrected chi connectivity index (χ1v) is 25.9. The summed E-state index contributed by atoms with van der Waals surface area (Å²) in [5.41, 5.74) is 3.33. The van der Waals surface area contributed by atoms with Gasteiger partial charge in [-0.15, -0.1) is 0 Å². The molecule has 0 fully saturated rings. The van der Waals surface area contributed by atoms with Crippen molar-refractivity contribution in [2.45, 2.75) is 108 Å². The van der Waals surface area contributed by atoms with Gasteiger partial charge in [-0.2, -0.15) is 0 Å². The number of hydrogen-bond acceptors (Lipinski definition) is 17. The molecule has 0 saturated heterocycles. The standard InChI is InChI=1S/C51H70N4O13S2/c1-6-9-27-54-41-21-11-13-23-43(41)69-49(54)40(4)39-68-66-34-17-15-31-60-46(57)25-19-36-65-67-38-30-53(45(56)8-3)29-37-61-47(58)26-20-35-64-63-33-18-16-32-62-51(59)48(52-5)50-55(28-10-7-2)42-22-12-14-24-44(42)70-50/h8,11-14,21-24H,3,6-7,9-10,15-20,25-39H2,1-2,4H3. The van der Waals surface area contributed by atoms with Crippen molar-refractivity contribution >= 4 is 58.7 Å². The van der Waals surface area contributed by atoms with Crippen LogP contribution >= 0.6 is 23.5 Å². The van der Waals surface area contributed by atoms with Gasteiger partial charge in [-0.3, -0.25) is 19.2 Å². The van der Waals surface area contributed by atoms with Crippen molar-refractivity contribution in [3.63, 3.8) is 0 Å². The van der Waals surface area contributed by atoms with Crippen LogP contribution in [0.1, 0.15) is 97.8 Å². The van der Waals surface area contributed by atoms with E-state index in [0.29, 0.717) is 63.3 Å². The number of anilines is 2. The second-order valence-electron chi connectivity index (χ2n) is 16.1. The topological polar surface area (TPSA) is 165 Å². The van der Waals surface area contributed by atoms with E-state index in [1.54, 1.807) is 11.8 Å². The molecule has 0 spiro atoms. The van der Waals surface area contributed by atoms with E-state index in [9.17, 15) is 19.2 Å². The van der Waals surface area contributed by atoms with Crippen molar-refractivity contribution in [1.29, 1.82) is 0 Å². The van der Waals surface area contributed by atoms with Crippen LogP contribution in [-0.2, 0) is 62.7 Å². The highest BCUT2D eigenvalue weighted by atomic mass is 32.2. The van der Waals surface area contributed by atoms with Crippen LogP contribution in [0.2, 0.25) is 0 Å². The zero-order valence-corrected chi connectivity index (χ0v) is 42.6. The molecular formula is C51H70N4O13S2. The van der Waals surface area contributed by atoms with Crippen LogP contribution in [0.15, 0.2) is 92.3 Å². The number of rotatable bonds is 37. The molecule has 2 aliphatic heterocycles. The molecule has 0 saturated carbocycles. The van der Waals surface area contributed by atoms with Gasteiger partial charge in [0.05, 0.1) is 80.8 Å². The van der Waals surface area contributed by atoms with Crippen molar-refractivity contribution in [3.05, 3.63) is 93.9 Å². The summed E-state index contributed by atoms with van der Waals surface area (Å²) < 4.78 is 16.0. The molecule has 0 radical (unpaired) electrons. The average molecular weight is 1010 g/mol. The molecule has 0 unspecified atom stereocenters. The molecule has 2 heterocycles. The minimum atomic E-state index is -0.643. The van der Waals surface area contributed by atoms with Gasteiger partial charge in [0.25, 0.3) is 5.70 Å². The van der Waals surface area contributed by atoms with Crippen LogP contribution in [-0.4, -0.2) is 114 Å². The van der Waals surface area contributed by atoms with Crippen molar-refractivity contribution in [2.24, 2.45) is 0 Å². The molecule has 2 aromatic rings. The first-order valence-electron chi connectivity index (χ1n) is 24.3. The van der Waals surface area contributed by atoms with Gasteiger partial charge in [0.2, 0.25) is 5.91 Å². The number of nitrogens with zero attached hydrogens (tertiary/aromatic N) is 4. The summed E-state index contributed by atoms with van der Waals surface area (Å²) in [6.07, 6.45) is 8.71. The summed E-state index contributed by atoms with van der Waals surface area (Å²) in [5.74, 6) is -1.78. The van der Waals surface area contributed by atoms with E-state index in [2.05, 4.69) is 61.4 Å². The molecule has 0 N–H and O–H groups in total. The van der Waals surface area contributed by atoms with Crippen LogP contribution in [0.5, 0.6) is 0 Å². The lowest BCUT2D eigenvalue weighted by Crippen LogP contribution is -2.36. The van der Waals surface area contributed by atoms with Gasteiger partial charge in [-0.25, -0.2) is 34.2 Å². The average Bonchev–Trinajstić information content (AvgIpc) is 3.93. The summed E-state index contributed by atoms with van der Waals surface area (Å²) in [4.78, 5) is 92.8. The Hall–Kier alpha value is -4.91.